The summed E-state index contributed by atoms with van der Waals surface area (Å²) in [5.74, 6) is -0.971. The lowest BCUT2D eigenvalue weighted by Gasteiger charge is -2.29. The second-order valence-electron chi connectivity index (χ2n) is 3.94. The van der Waals surface area contributed by atoms with Gasteiger partial charge in [-0.25, -0.2) is 0 Å². The molecule has 0 saturated heterocycles. The second-order valence-corrected chi connectivity index (χ2v) is 3.94. The van der Waals surface area contributed by atoms with Gasteiger partial charge in [0.15, 0.2) is 0 Å². The van der Waals surface area contributed by atoms with Crippen molar-refractivity contribution in [2.45, 2.75) is 13.0 Å². The van der Waals surface area contributed by atoms with E-state index in [0.29, 0.717) is 0 Å². The first-order valence-corrected chi connectivity index (χ1v) is 5.33. The van der Waals surface area contributed by atoms with Crippen LogP contribution < -0.4 is 0 Å². The molecule has 1 atom stereocenters. The van der Waals surface area contributed by atoms with Crippen LogP contribution in [0, 0.1) is 0 Å². The van der Waals surface area contributed by atoms with Gasteiger partial charge in [0.25, 0.3) is 0 Å². The fourth-order valence-electron chi connectivity index (χ4n) is 1.84. The van der Waals surface area contributed by atoms with E-state index < -0.39 is 5.97 Å². The molecule has 17 heavy (non-hydrogen) atoms. The zero-order chi connectivity index (χ0) is 12.8. The predicted octanol–water partition coefficient (Wildman–Crippen LogP) is 1.64. The Kier molecular flexibility index (Phi) is 4.87. The molecule has 0 radical (unpaired) electrons. The molecule has 0 aliphatic carbocycles. The molecular weight excluding hydrogens is 218 g/mol. The van der Waals surface area contributed by atoms with Crippen LogP contribution in [-0.2, 0) is 4.79 Å². The summed E-state index contributed by atoms with van der Waals surface area (Å²) in [6.45, 7) is 5.14. The highest BCUT2D eigenvalue weighted by molar-refractivity contribution is 5.69. The second kappa shape index (κ2) is 6.18. The van der Waals surface area contributed by atoms with Crippen LogP contribution in [0.1, 0.15) is 18.5 Å². The van der Waals surface area contributed by atoms with Gasteiger partial charge in [0.2, 0.25) is 0 Å². The first kappa shape index (κ1) is 13.4. The lowest BCUT2D eigenvalue weighted by atomic mass is 9.99. The maximum absolute atomic E-state index is 10.7. The van der Waals surface area contributed by atoms with Crippen molar-refractivity contribution in [2.75, 3.05) is 13.3 Å². The lowest BCUT2D eigenvalue weighted by Crippen LogP contribution is -2.35. The molecule has 0 fully saturated rings. The summed E-state index contributed by atoms with van der Waals surface area (Å²) in [6, 6.07) is 9.15. The Morgan fingerprint density at radius 2 is 2.00 bits per heavy atom. The number of benzene rings is 1. The van der Waals surface area contributed by atoms with Crippen molar-refractivity contribution in [1.82, 2.24) is 4.90 Å². The third kappa shape index (κ3) is 3.69. The number of aliphatic hydroxyl groups excluding tert-OH is 1. The first-order chi connectivity index (χ1) is 8.06. The van der Waals surface area contributed by atoms with Gasteiger partial charge in [-0.05, 0) is 12.5 Å². The molecule has 1 unspecified atom stereocenters. The molecule has 0 spiro atoms. The highest BCUT2D eigenvalue weighted by Crippen LogP contribution is 2.26. The average molecular weight is 235 g/mol. The van der Waals surface area contributed by atoms with Gasteiger partial charge < -0.3 is 10.2 Å². The van der Waals surface area contributed by atoms with Crippen LogP contribution in [0.25, 0.3) is 0 Å². The molecule has 1 aromatic rings. The molecule has 1 rings (SSSR count). The van der Waals surface area contributed by atoms with E-state index in [1.807, 2.05) is 37.3 Å². The van der Waals surface area contributed by atoms with Crippen LogP contribution >= 0.6 is 0 Å². The lowest BCUT2D eigenvalue weighted by molar-refractivity contribution is -0.140. The van der Waals surface area contributed by atoms with Crippen molar-refractivity contribution in [3.63, 3.8) is 0 Å². The van der Waals surface area contributed by atoms with Gasteiger partial charge in [0.05, 0.1) is 19.3 Å². The number of carboxylic acids is 1. The minimum absolute atomic E-state index is 0.219. The number of carboxylic acid groups (broad SMARTS) is 1. The Morgan fingerprint density at radius 1 is 1.41 bits per heavy atom. The van der Waals surface area contributed by atoms with Gasteiger partial charge in [-0.1, -0.05) is 42.5 Å². The van der Waals surface area contributed by atoms with Crippen LogP contribution in [0.15, 0.2) is 42.5 Å². The van der Waals surface area contributed by atoms with Crippen LogP contribution in [0.2, 0.25) is 0 Å². The number of rotatable bonds is 6. The Hall–Kier alpha value is -1.65. The predicted molar refractivity (Wildman–Crippen MR) is 65.4 cm³/mol. The van der Waals surface area contributed by atoms with Crippen LogP contribution in [0.4, 0.5) is 0 Å². The van der Waals surface area contributed by atoms with Gasteiger partial charge in [-0.3, -0.25) is 9.69 Å². The highest BCUT2D eigenvalue weighted by Gasteiger charge is 2.22. The molecule has 0 bridgehead atoms. The number of hydrogen-bond acceptors (Lipinski definition) is 3. The summed E-state index contributed by atoms with van der Waals surface area (Å²) in [5, 5.41) is 18.1. The Balaban J connectivity index is 2.99. The highest BCUT2D eigenvalue weighted by atomic mass is 16.4. The number of nitrogens with zero attached hydrogens (tertiary/aromatic N) is 1. The summed E-state index contributed by atoms with van der Waals surface area (Å²) in [6.07, 6.45) is 0. The summed E-state index contributed by atoms with van der Waals surface area (Å²) < 4.78 is 0. The first-order valence-electron chi connectivity index (χ1n) is 5.33. The maximum atomic E-state index is 10.7. The summed E-state index contributed by atoms with van der Waals surface area (Å²) in [4.78, 5) is 12.2. The molecule has 4 heteroatoms. The summed E-state index contributed by atoms with van der Waals surface area (Å²) in [5.41, 5.74) is 1.72. The fraction of sp³-hybridized carbons (Fsp3) is 0.308. The quantitative estimate of drug-likeness (QED) is 0.581. The molecule has 0 aliphatic rings. The monoisotopic (exact) mass is 235 g/mol. The molecule has 92 valence electrons. The van der Waals surface area contributed by atoms with Crippen molar-refractivity contribution in [3.05, 3.63) is 48.0 Å². The number of carbonyl (C=O) groups is 1. The number of aliphatic hydroxyl groups is 1. The number of hydrogen-bond donors (Lipinski definition) is 2. The van der Waals surface area contributed by atoms with Gasteiger partial charge in [0.1, 0.15) is 0 Å². The molecule has 0 heterocycles. The Bertz CT molecular complexity index is 389. The van der Waals surface area contributed by atoms with Crippen molar-refractivity contribution in [3.8, 4) is 0 Å². The van der Waals surface area contributed by atoms with E-state index in [2.05, 4.69) is 6.58 Å². The van der Waals surface area contributed by atoms with Crippen molar-refractivity contribution < 1.29 is 15.0 Å². The van der Waals surface area contributed by atoms with Gasteiger partial charge in [0, 0.05) is 0 Å². The van der Waals surface area contributed by atoms with Crippen LogP contribution in [0.3, 0.4) is 0 Å². The van der Waals surface area contributed by atoms with Gasteiger partial charge >= 0.3 is 5.97 Å². The van der Waals surface area contributed by atoms with E-state index in [9.17, 15) is 9.90 Å². The Labute approximate surface area is 101 Å². The molecular formula is C13H17NO3. The van der Waals surface area contributed by atoms with E-state index in [4.69, 9.17) is 5.11 Å². The molecule has 0 aromatic heterocycles. The number of aliphatic carboxylic acids is 1. The minimum atomic E-state index is -0.971. The van der Waals surface area contributed by atoms with Crippen LogP contribution in [0.5, 0.6) is 0 Å². The van der Waals surface area contributed by atoms with Gasteiger partial charge in [-0.15, -0.1) is 0 Å². The van der Waals surface area contributed by atoms with Crippen molar-refractivity contribution >= 4 is 5.97 Å². The van der Waals surface area contributed by atoms with E-state index >= 15 is 0 Å². The van der Waals surface area contributed by atoms with Crippen molar-refractivity contribution in [2.24, 2.45) is 0 Å². The largest absolute Gasteiger partial charge is 0.480 e. The van der Waals surface area contributed by atoms with Crippen molar-refractivity contribution in [1.29, 1.82) is 0 Å². The molecule has 2 N–H and O–H groups in total. The van der Waals surface area contributed by atoms with E-state index in [1.54, 1.807) is 0 Å². The molecule has 0 saturated carbocycles. The third-order valence-electron chi connectivity index (χ3n) is 2.47. The normalized spacial score (nSPS) is 12.4. The average Bonchev–Trinajstić information content (AvgIpc) is 2.28. The van der Waals surface area contributed by atoms with E-state index in [-0.39, 0.29) is 19.3 Å². The minimum Gasteiger partial charge on any atom is -0.480 e. The molecule has 4 nitrogen and oxygen atoms in total. The SMILES string of the molecule is C=C(C)C(c1ccccc1)N(CO)CC(=O)O. The zero-order valence-electron chi connectivity index (χ0n) is 9.84. The standard InChI is InChI=1S/C13H17NO3/c1-10(2)13(11-6-4-3-5-7-11)14(9-15)8-12(16)17/h3-7,13,15H,1,8-9H2,2H3,(H,16,17). The maximum Gasteiger partial charge on any atom is 0.317 e. The molecule has 0 aliphatic heterocycles. The summed E-state index contributed by atoms with van der Waals surface area (Å²) in [7, 11) is 0. The van der Waals surface area contributed by atoms with Crippen LogP contribution in [-0.4, -0.2) is 34.4 Å². The molecule has 0 amide bonds. The fourth-order valence-corrected chi connectivity index (χ4v) is 1.84. The van der Waals surface area contributed by atoms with E-state index in [1.165, 1.54) is 4.90 Å². The smallest absolute Gasteiger partial charge is 0.317 e. The third-order valence-corrected chi connectivity index (χ3v) is 2.47. The zero-order valence-corrected chi connectivity index (χ0v) is 9.84. The Morgan fingerprint density at radius 3 is 2.41 bits per heavy atom. The van der Waals surface area contributed by atoms with Gasteiger partial charge in [-0.2, -0.15) is 0 Å². The summed E-state index contributed by atoms with van der Waals surface area (Å²) >= 11 is 0. The van der Waals surface area contributed by atoms with E-state index in [0.717, 1.165) is 11.1 Å². The topological polar surface area (TPSA) is 60.8 Å². The molecule has 1 aromatic carbocycles.